The van der Waals surface area contributed by atoms with E-state index < -0.39 is 5.60 Å². The van der Waals surface area contributed by atoms with Crippen LogP contribution in [0.4, 0.5) is 0 Å². The van der Waals surface area contributed by atoms with Gasteiger partial charge in [0.2, 0.25) is 5.28 Å². The van der Waals surface area contributed by atoms with E-state index in [1.165, 1.54) is 0 Å². The van der Waals surface area contributed by atoms with E-state index in [4.69, 9.17) is 27.9 Å². The Bertz CT molecular complexity index is 722. The van der Waals surface area contributed by atoms with Gasteiger partial charge in [0.05, 0.1) is 12.2 Å². The van der Waals surface area contributed by atoms with Crippen LogP contribution in [0, 0.1) is 18.8 Å². The lowest BCUT2D eigenvalue weighted by atomic mass is 10.1. The van der Waals surface area contributed by atoms with Gasteiger partial charge in [-0.1, -0.05) is 29.7 Å². The summed E-state index contributed by atoms with van der Waals surface area (Å²) in [5, 5.41) is 1.14. The van der Waals surface area contributed by atoms with Crippen molar-refractivity contribution in [1.29, 1.82) is 0 Å². The summed E-state index contributed by atoms with van der Waals surface area (Å²) in [6.07, 6.45) is 0. The van der Waals surface area contributed by atoms with E-state index in [-0.39, 0.29) is 0 Å². The highest BCUT2D eigenvalue weighted by molar-refractivity contribution is 6.30. The van der Waals surface area contributed by atoms with E-state index in [2.05, 4.69) is 16.8 Å². The summed E-state index contributed by atoms with van der Waals surface area (Å²) in [6.45, 7) is 6.39. The zero-order valence-corrected chi connectivity index (χ0v) is 14.6. The Hall–Kier alpha value is -1.47. The van der Waals surface area contributed by atoms with E-state index >= 15 is 0 Å². The zero-order chi connectivity index (χ0) is 16.3. The Morgan fingerprint density at radius 2 is 1.86 bits per heavy atom. The summed E-state index contributed by atoms with van der Waals surface area (Å²) in [5.74, 6) is 6.10. The molecule has 1 aromatic heterocycles. The quantitative estimate of drug-likeness (QED) is 0.780. The Labute approximate surface area is 141 Å². The topological polar surface area (TPSA) is 27.1 Å². The van der Waals surface area contributed by atoms with Crippen LogP contribution >= 0.6 is 23.2 Å². The number of ether oxygens (including phenoxy) is 1. The van der Waals surface area contributed by atoms with Crippen molar-refractivity contribution < 1.29 is 4.74 Å². The first kappa shape index (κ1) is 16.9. The highest BCUT2D eigenvalue weighted by atomic mass is 35.5. The fourth-order valence-corrected chi connectivity index (χ4v) is 2.23. The van der Waals surface area contributed by atoms with Crippen LogP contribution in [-0.4, -0.2) is 22.3 Å². The van der Waals surface area contributed by atoms with Crippen molar-refractivity contribution in [2.75, 3.05) is 7.11 Å². The van der Waals surface area contributed by atoms with Crippen molar-refractivity contribution in [3.8, 4) is 11.8 Å². The first-order valence-corrected chi connectivity index (χ1v) is 7.63. The van der Waals surface area contributed by atoms with Gasteiger partial charge in [-0.15, -0.1) is 0 Å². The van der Waals surface area contributed by atoms with Gasteiger partial charge >= 0.3 is 0 Å². The van der Waals surface area contributed by atoms with Crippen molar-refractivity contribution >= 4 is 23.2 Å². The molecule has 22 heavy (non-hydrogen) atoms. The molecule has 5 heteroatoms. The predicted molar refractivity (Wildman–Crippen MR) is 90.5 cm³/mol. The maximum Gasteiger partial charge on any atom is 0.204 e. The van der Waals surface area contributed by atoms with Gasteiger partial charge in [-0.05, 0) is 56.0 Å². The standard InChI is InChI=1S/C17H18Cl2N2O/c1-12-15(9-10-17(2,3)22-4)20-16(19)21(12)11-13-5-7-14(18)8-6-13/h5-8H,11H2,1-4H3. The average molecular weight is 337 g/mol. The predicted octanol–water partition coefficient (Wildman–Crippen LogP) is 4.32. The second kappa shape index (κ2) is 6.75. The van der Waals surface area contributed by atoms with Gasteiger partial charge in [0.1, 0.15) is 11.3 Å². The normalized spacial score (nSPS) is 11.2. The maximum absolute atomic E-state index is 6.24. The average Bonchev–Trinajstić information content (AvgIpc) is 2.75. The van der Waals surface area contributed by atoms with E-state index in [1.54, 1.807) is 7.11 Å². The third-order valence-electron chi connectivity index (χ3n) is 3.42. The molecule has 116 valence electrons. The molecule has 3 nitrogen and oxygen atoms in total. The van der Waals surface area contributed by atoms with E-state index in [0.717, 1.165) is 11.3 Å². The van der Waals surface area contributed by atoms with Gasteiger partial charge in [-0.3, -0.25) is 0 Å². The molecule has 0 fully saturated rings. The summed E-state index contributed by atoms with van der Waals surface area (Å²) in [4.78, 5) is 4.33. The highest BCUT2D eigenvalue weighted by Crippen LogP contribution is 2.19. The molecule has 2 rings (SSSR count). The van der Waals surface area contributed by atoms with Crippen LogP contribution in [0.1, 0.15) is 30.8 Å². The summed E-state index contributed by atoms with van der Waals surface area (Å²) < 4.78 is 7.21. The Morgan fingerprint density at radius 1 is 1.23 bits per heavy atom. The lowest BCUT2D eigenvalue weighted by Gasteiger charge is -2.13. The smallest absolute Gasteiger partial charge is 0.204 e. The van der Waals surface area contributed by atoms with Crippen LogP contribution in [0.25, 0.3) is 0 Å². The first-order valence-electron chi connectivity index (χ1n) is 6.88. The second-order valence-corrected chi connectivity index (χ2v) is 6.27. The molecule has 0 amide bonds. The molecule has 0 saturated carbocycles. The van der Waals surface area contributed by atoms with Gasteiger partial charge in [0, 0.05) is 12.1 Å². The van der Waals surface area contributed by atoms with Crippen LogP contribution in [0.5, 0.6) is 0 Å². The monoisotopic (exact) mass is 336 g/mol. The van der Waals surface area contributed by atoms with Crippen molar-refractivity contribution in [2.24, 2.45) is 0 Å². The molecule has 0 aliphatic rings. The minimum Gasteiger partial charge on any atom is -0.366 e. The van der Waals surface area contributed by atoms with Gasteiger partial charge < -0.3 is 9.30 Å². The lowest BCUT2D eigenvalue weighted by Crippen LogP contribution is -2.19. The van der Waals surface area contributed by atoms with Crippen LogP contribution in [-0.2, 0) is 11.3 Å². The molecule has 1 heterocycles. The molecule has 0 radical (unpaired) electrons. The van der Waals surface area contributed by atoms with E-state index in [0.29, 0.717) is 22.5 Å². The number of aromatic nitrogens is 2. The minimum absolute atomic E-state index is 0.423. The van der Waals surface area contributed by atoms with Gasteiger partial charge in [0.25, 0.3) is 0 Å². The molecular formula is C17H18Cl2N2O. The number of nitrogens with zero attached hydrogens (tertiary/aromatic N) is 2. The number of rotatable bonds is 3. The second-order valence-electron chi connectivity index (χ2n) is 5.49. The first-order chi connectivity index (χ1) is 10.3. The Balaban J connectivity index is 2.29. The van der Waals surface area contributed by atoms with Gasteiger partial charge in [-0.25, -0.2) is 4.98 Å². The molecule has 2 aromatic rings. The van der Waals surface area contributed by atoms with Crippen molar-refractivity contribution in [2.45, 2.75) is 32.9 Å². The number of hydrogen-bond donors (Lipinski definition) is 0. The SMILES string of the molecule is COC(C)(C)C#Cc1nc(Cl)n(Cc2ccc(Cl)cc2)c1C. The third kappa shape index (κ3) is 4.04. The van der Waals surface area contributed by atoms with Gasteiger partial charge in [0.15, 0.2) is 0 Å². The molecular weight excluding hydrogens is 319 g/mol. The van der Waals surface area contributed by atoms with Crippen LogP contribution in [0.3, 0.4) is 0 Å². The number of halogens is 2. The van der Waals surface area contributed by atoms with Crippen molar-refractivity contribution in [3.63, 3.8) is 0 Å². The van der Waals surface area contributed by atoms with Crippen LogP contribution in [0.2, 0.25) is 10.3 Å². The summed E-state index contributed by atoms with van der Waals surface area (Å²) >= 11 is 12.1. The van der Waals surface area contributed by atoms with Crippen LogP contribution < -0.4 is 0 Å². The van der Waals surface area contributed by atoms with Gasteiger partial charge in [-0.2, -0.15) is 0 Å². The maximum atomic E-state index is 6.24. The lowest BCUT2D eigenvalue weighted by molar-refractivity contribution is 0.0741. The number of hydrogen-bond acceptors (Lipinski definition) is 2. The molecule has 0 saturated heterocycles. The number of methoxy groups -OCH3 is 1. The third-order valence-corrected chi connectivity index (χ3v) is 3.96. The highest BCUT2D eigenvalue weighted by Gasteiger charge is 2.14. The fraction of sp³-hybridized carbons (Fsp3) is 0.353. The molecule has 0 atom stereocenters. The van der Waals surface area contributed by atoms with Crippen molar-refractivity contribution in [3.05, 3.63) is 51.5 Å². The van der Waals surface area contributed by atoms with Crippen LogP contribution in [0.15, 0.2) is 24.3 Å². The summed E-state index contributed by atoms with van der Waals surface area (Å²) in [5.41, 5.74) is 2.19. The molecule has 0 unspecified atom stereocenters. The molecule has 0 spiro atoms. The number of benzene rings is 1. The Kier molecular flexibility index (Phi) is 5.18. The minimum atomic E-state index is -0.515. The largest absolute Gasteiger partial charge is 0.366 e. The van der Waals surface area contributed by atoms with E-state index in [9.17, 15) is 0 Å². The van der Waals surface area contributed by atoms with Crippen molar-refractivity contribution in [1.82, 2.24) is 9.55 Å². The molecule has 0 bridgehead atoms. The molecule has 0 aliphatic carbocycles. The molecule has 0 N–H and O–H groups in total. The zero-order valence-electron chi connectivity index (χ0n) is 13.1. The Morgan fingerprint density at radius 3 is 2.45 bits per heavy atom. The number of imidazole rings is 1. The summed E-state index contributed by atoms with van der Waals surface area (Å²) in [6, 6.07) is 7.66. The molecule has 0 aliphatic heterocycles. The molecule has 1 aromatic carbocycles. The summed E-state index contributed by atoms with van der Waals surface area (Å²) in [7, 11) is 1.63. The fourth-order valence-electron chi connectivity index (χ4n) is 1.84. The van der Waals surface area contributed by atoms with E-state index in [1.807, 2.05) is 49.6 Å².